The third-order valence-electron chi connectivity index (χ3n) is 3.17. The maximum Gasteiger partial charge on any atom is 0.416 e. The van der Waals surface area contributed by atoms with Crippen molar-refractivity contribution in [2.24, 2.45) is 0 Å². The highest BCUT2D eigenvalue weighted by molar-refractivity contribution is 6.54. The van der Waals surface area contributed by atoms with Crippen LogP contribution >= 0.6 is 0 Å². The van der Waals surface area contributed by atoms with Crippen LogP contribution in [0.3, 0.4) is 0 Å². The summed E-state index contributed by atoms with van der Waals surface area (Å²) in [6.07, 6.45) is -4.26. The molecule has 2 aromatic rings. The van der Waals surface area contributed by atoms with Gasteiger partial charge in [-0.2, -0.15) is 13.2 Å². The van der Waals surface area contributed by atoms with E-state index < -0.39 is 21.3 Å². The minimum Gasteiger partial charge on any atom is -0.166 e. The van der Waals surface area contributed by atoms with Gasteiger partial charge < -0.3 is 0 Å². The molecule has 0 heterocycles. The second-order valence-corrected chi connectivity index (χ2v) is 7.16. The Balaban J connectivity index is 2.18. The van der Waals surface area contributed by atoms with E-state index in [4.69, 9.17) is 0 Å². The molecule has 0 radical (unpaired) electrons. The van der Waals surface area contributed by atoms with Crippen LogP contribution in [-0.4, -0.2) is 9.52 Å². The Morgan fingerprint density at radius 3 is 2.26 bits per heavy atom. The number of halogens is 3. The highest BCUT2D eigenvalue weighted by Crippen LogP contribution is 2.30. The van der Waals surface area contributed by atoms with Crippen molar-refractivity contribution in [3.05, 3.63) is 65.7 Å². The second-order valence-electron chi connectivity index (χ2n) is 4.71. The number of alkyl halides is 3. The van der Waals surface area contributed by atoms with E-state index >= 15 is 0 Å². The predicted molar refractivity (Wildman–Crippen MR) is 74.5 cm³/mol. The summed E-state index contributed by atoms with van der Waals surface area (Å²) in [5, 5.41) is 1.27. The Kier molecular flexibility index (Phi) is 4.10. The molecule has 0 nitrogen and oxygen atoms in total. The minimum absolute atomic E-state index is 0.199. The molecule has 2 aromatic carbocycles. The fourth-order valence-electron chi connectivity index (χ4n) is 2.11. The number of hydrogen-bond acceptors (Lipinski definition) is 0. The van der Waals surface area contributed by atoms with Crippen LogP contribution in [0.15, 0.2) is 54.6 Å². The molecule has 0 spiro atoms. The molecule has 0 saturated heterocycles. The molecule has 100 valence electrons. The van der Waals surface area contributed by atoms with Gasteiger partial charge in [-0.1, -0.05) is 60.6 Å². The lowest BCUT2D eigenvalue weighted by Gasteiger charge is -2.14. The Hall–Kier alpha value is -1.55. The van der Waals surface area contributed by atoms with Gasteiger partial charge in [0.2, 0.25) is 0 Å². The molecule has 0 amide bonds. The summed E-state index contributed by atoms with van der Waals surface area (Å²) in [7, 11) is -0.612. The zero-order chi connectivity index (χ0) is 13.9. The third-order valence-corrected chi connectivity index (χ3v) is 5.19. The van der Waals surface area contributed by atoms with E-state index in [2.05, 4.69) is 12.1 Å². The van der Waals surface area contributed by atoms with E-state index in [1.165, 1.54) is 17.3 Å². The highest BCUT2D eigenvalue weighted by Gasteiger charge is 2.30. The molecule has 19 heavy (non-hydrogen) atoms. The van der Waals surface area contributed by atoms with Crippen LogP contribution < -0.4 is 5.19 Å². The first kappa shape index (κ1) is 13.9. The van der Waals surface area contributed by atoms with Crippen LogP contribution in [0, 0.1) is 0 Å². The summed E-state index contributed by atoms with van der Waals surface area (Å²) in [5.41, 5.74) is 0.425. The van der Waals surface area contributed by atoms with Crippen molar-refractivity contribution in [2.75, 3.05) is 0 Å². The van der Waals surface area contributed by atoms with Crippen LogP contribution in [0.1, 0.15) is 23.6 Å². The summed E-state index contributed by atoms with van der Waals surface area (Å²) in [6, 6.07) is 15.7. The lowest BCUT2D eigenvalue weighted by atomic mass is 10.1. The average Bonchev–Trinajstić information content (AvgIpc) is 2.39. The van der Waals surface area contributed by atoms with Gasteiger partial charge in [0.25, 0.3) is 0 Å². The molecule has 0 fully saturated rings. The minimum atomic E-state index is -4.26. The molecule has 0 aromatic heterocycles. The summed E-state index contributed by atoms with van der Waals surface area (Å²) in [4.78, 5) is 0. The van der Waals surface area contributed by atoms with E-state index in [0.717, 1.165) is 11.6 Å². The van der Waals surface area contributed by atoms with E-state index in [1.54, 1.807) is 6.07 Å². The fourth-order valence-corrected chi connectivity index (χ4v) is 3.85. The largest absolute Gasteiger partial charge is 0.416 e. The van der Waals surface area contributed by atoms with Gasteiger partial charge in [-0.3, -0.25) is 0 Å². The average molecular weight is 280 g/mol. The molecule has 0 aliphatic heterocycles. The van der Waals surface area contributed by atoms with Crippen LogP contribution in [0.2, 0.25) is 0 Å². The summed E-state index contributed by atoms with van der Waals surface area (Å²) >= 11 is 0. The second kappa shape index (κ2) is 5.61. The quantitative estimate of drug-likeness (QED) is 0.757. The topological polar surface area (TPSA) is 0 Å². The van der Waals surface area contributed by atoms with Gasteiger partial charge in [0.1, 0.15) is 0 Å². The third kappa shape index (κ3) is 3.70. The van der Waals surface area contributed by atoms with Crippen molar-refractivity contribution < 1.29 is 13.2 Å². The zero-order valence-corrected chi connectivity index (χ0v) is 12.0. The predicted octanol–water partition coefficient (Wildman–Crippen LogP) is 3.26. The molecule has 0 bridgehead atoms. The maximum atomic E-state index is 12.7. The van der Waals surface area contributed by atoms with Gasteiger partial charge in [-0.15, -0.1) is 0 Å². The van der Waals surface area contributed by atoms with E-state index in [0.29, 0.717) is 0 Å². The molecule has 0 saturated carbocycles. The van der Waals surface area contributed by atoms with Gasteiger partial charge in [0.05, 0.1) is 15.1 Å². The van der Waals surface area contributed by atoms with Gasteiger partial charge in [-0.05, 0) is 17.2 Å². The lowest BCUT2D eigenvalue weighted by molar-refractivity contribution is -0.137. The normalized spacial score (nSPS) is 13.9. The van der Waals surface area contributed by atoms with Crippen LogP contribution in [0.5, 0.6) is 0 Å². The van der Waals surface area contributed by atoms with Gasteiger partial charge in [-0.25, -0.2) is 0 Å². The molecule has 0 aliphatic carbocycles. The summed E-state index contributed by atoms with van der Waals surface area (Å²) in [5.74, 6) is 0. The Morgan fingerprint density at radius 1 is 0.947 bits per heavy atom. The lowest BCUT2D eigenvalue weighted by Crippen LogP contribution is -2.20. The first-order valence-corrected chi connectivity index (χ1v) is 7.70. The molecule has 2 rings (SSSR count). The molecule has 0 N–H and O–H groups in total. The molecule has 1 atom stereocenters. The smallest absolute Gasteiger partial charge is 0.166 e. The molecular weight excluding hydrogens is 265 g/mol. The molecule has 0 unspecified atom stereocenters. The SMILES string of the molecule is C[C@H]([SiH2]c1ccccc1)c1cccc(C(F)(F)F)c1. The number of hydrogen-bond donors (Lipinski definition) is 0. The van der Waals surface area contributed by atoms with Gasteiger partial charge >= 0.3 is 6.18 Å². The van der Waals surface area contributed by atoms with Gasteiger partial charge in [0, 0.05) is 0 Å². The molecular formula is C15H15F3Si. The van der Waals surface area contributed by atoms with Crippen LogP contribution in [-0.2, 0) is 6.18 Å². The highest BCUT2D eigenvalue weighted by atomic mass is 28.2. The van der Waals surface area contributed by atoms with E-state index in [-0.39, 0.29) is 5.54 Å². The van der Waals surface area contributed by atoms with Crippen molar-refractivity contribution in [3.63, 3.8) is 0 Å². The zero-order valence-electron chi connectivity index (χ0n) is 10.6. The van der Waals surface area contributed by atoms with Crippen molar-refractivity contribution in [2.45, 2.75) is 18.6 Å². The molecule has 4 heteroatoms. The standard InChI is InChI=1S/C15H15F3Si/c1-11(19-14-8-3-2-4-9-14)12-6-5-7-13(10-12)15(16,17)18/h2-11H,19H2,1H3/t11-/m0/s1. The maximum absolute atomic E-state index is 12.7. The number of rotatable bonds is 3. The summed E-state index contributed by atoms with van der Waals surface area (Å²) in [6.45, 7) is 2.01. The number of benzene rings is 2. The van der Waals surface area contributed by atoms with Crippen LogP contribution in [0.4, 0.5) is 13.2 Å². The first-order valence-electron chi connectivity index (χ1n) is 6.18. The van der Waals surface area contributed by atoms with Crippen molar-refractivity contribution in [1.29, 1.82) is 0 Å². The van der Waals surface area contributed by atoms with Gasteiger partial charge in [0.15, 0.2) is 0 Å². The monoisotopic (exact) mass is 280 g/mol. The Labute approximate surface area is 113 Å². The van der Waals surface area contributed by atoms with E-state index in [9.17, 15) is 13.2 Å². The van der Waals surface area contributed by atoms with Crippen molar-refractivity contribution in [1.82, 2.24) is 0 Å². The Morgan fingerprint density at radius 2 is 1.63 bits per heavy atom. The summed E-state index contributed by atoms with van der Waals surface area (Å²) < 4.78 is 38.0. The van der Waals surface area contributed by atoms with Crippen LogP contribution in [0.25, 0.3) is 0 Å². The van der Waals surface area contributed by atoms with Crippen molar-refractivity contribution in [3.8, 4) is 0 Å². The fraction of sp³-hybridized carbons (Fsp3) is 0.200. The Bertz CT molecular complexity index is 535. The van der Waals surface area contributed by atoms with Crippen molar-refractivity contribution >= 4 is 14.7 Å². The van der Waals surface area contributed by atoms with E-state index in [1.807, 2.05) is 25.1 Å². The first-order chi connectivity index (χ1) is 8.97. The molecule has 0 aliphatic rings.